The number of carbonyl (C=O) groups excluding carboxylic acids is 1. The minimum absolute atomic E-state index is 0.0864. The maximum atomic E-state index is 11.9. The number of hydrogen-bond acceptors (Lipinski definition) is 2. The zero-order valence-corrected chi connectivity index (χ0v) is 11.4. The summed E-state index contributed by atoms with van der Waals surface area (Å²) in [7, 11) is 0. The van der Waals surface area contributed by atoms with Crippen LogP contribution in [0.5, 0.6) is 0 Å². The number of rotatable bonds is 3. The lowest BCUT2D eigenvalue weighted by atomic mass is 9.86. The van der Waals surface area contributed by atoms with Crippen molar-refractivity contribution >= 4 is 5.91 Å². The number of nitrogens with one attached hydrogen (secondary N) is 1. The average molecular weight is 244 g/mol. The van der Waals surface area contributed by atoms with Crippen molar-refractivity contribution in [2.45, 2.75) is 45.6 Å². The van der Waals surface area contributed by atoms with Crippen LogP contribution in [0, 0.1) is 11.3 Å². The fourth-order valence-corrected chi connectivity index (χ4v) is 1.62. The largest absolute Gasteiger partial charge is 0.349 e. The first kappa shape index (κ1) is 14.2. The Morgan fingerprint density at radius 3 is 2.33 bits per heavy atom. The third-order valence-corrected chi connectivity index (χ3v) is 2.79. The Labute approximate surface area is 109 Å². The first-order chi connectivity index (χ1) is 8.34. The molecule has 1 N–H and O–H groups in total. The third-order valence-electron chi connectivity index (χ3n) is 2.79. The van der Waals surface area contributed by atoms with Crippen LogP contribution >= 0.6 is 0 Å². The minimum Gasteiger partial charge on any atom is -0.349 e. The molecule has 1 unspecified atom stereocenters. The van der Waals surface area contributed by atoms with E-state index in [2.05, 4.69) is 26.1 Å². The van der Waals surface area contributed by atoms with Crippen LogP contribution in [0.4, 0.5) is 0 Å². The van der Waals surface area contributed by atoms with E-state index < -0.39 is 0 Å². The lowest BCUT2D eigenvalue weighted by Gasteiger charge is -2.19. The van der Waals surface area contributed by atoms with Crippen LogP contribution in [0.15, 0.2) is 24.3 Å². The summed E-state index contributed by atoms with van der Waals surface area (Å²) in [4.78, 5) is 11.9. The Morgan fingerprint density at radius 1 is 1.33 bits per heavy atom. The Hall–Kier alpha value is -1.82. The lowest BCUT2D eigenvalue weighted by Crippen LogP contribution is -2.32. The van der Waals surface area contributed by atoms with Crippen molar-refractivity contribution in [3.63, 3.8) is 0 Å². The molecule has 1 aromatic rings. The molecule has 0 saturated heterocycles. The summed E-state index contributed by atoms with van der Waals surface area (Å²) in [6, 6.07) is 9.53. The second-order valence-electron chi connectivity index (χ2n) is 5.56. The zero-order valence-electron chi connectivity index (χ0n) is 11.4. The maximum absolute atomic E-state index is 11.9. The molecule has 0 spiro atoms. The first-order valence-electron chi connectivity index (χ1n) is 6.13. The van der Waals surface area contributed by atoms with Crippen LogP contribution in [-0.2, 0) is 5.41 Å². The number of carbonyl (C=O) groups is 1. The molecule has 96 valence electrons. The summed E-state index contributed by atoms with van der Waals surface area (Å²) in [6.45, 7) is 8.23. The molecule has 1 rings (SSSR count). The molecule has 0 bridgehead atoms. The molecule has 1 aromatic carbocycles. The van der Waals surface area contributed by atoms with Gasteiger partial charge in [0.15, 0.2) is 0 Å². The van der Waals surface area contributed by atoms with Gasteiger partial charge in [-0.05, 0) is 30.0 Å². The molecule has 1 amide bonds. The molecule has 3 nitrogen and oxygen atoms in total. The summed E-state index contributed by atoms with van der Waals surface area (Å²) < 4.78 is 0. The number of amides is 1. The lowest BCUT2D eigenvalue weighted by molar-refractivity contribution is 0.0941. The molecule has 0 aliphatic heterocycles. The van der Waals surface area contributed by atoms with Gasteiger partial charge in [-0.3, -0.25) is 4.79 Å². The van der Waals surface area contributed by atoms with E-state index in [4.69, 9.17) is 5.26 Å². The Kier molecular flexibility index (Phi) is 4.49. The molecular weight excluding hydrogens is 224 g/mol. The normalized spacial score (nSPS) is 12.6. The average Bonchev–Trinajstić information content (AvgIpc) is 2.28. The van der Waals surface area contributed by atoms with Gasteiger partial charge in [0.1, 0.15) is 0 Å². The van der Waals surface area contributed by atoms with Gasteiger partial charge in [-0.15, -0.1) is 0 Å². The number of nitrogens with zero attached hydrogens (tertiary/aromatic N) is 1. The molecule has 0 radical (unpaired) electrons. The van der Waals surface area contributed by atoms with Crippen LogP contribution < -0.4 is 5.32 Å². The summed E-state index contributed by atoms with van der Waals surface area (Å²) in [6.07, 6.45) is 0.325. The first-order valence-corrected chi connectivity index (χ1v) is 6.13. The Morgan fingerprint density at radius 2 is 1.89 bits per heavy atom. The van der Waals surface area contributed by atoms with E-state index in [9.17, 15) is 4.79 Å². The van der Waals surface area contributed by atoms with E-state index in [0.29, 0.717) is 12.0 Å². The van der Waals surface area contributed by atoms with Crippen LogP contribution in [0.25, 0.3) is 0 Å². The number of hydrogen-bond donors (Lipinski definition) is 1. The van der Waals surface area contributed by atoms with Crippen molar-refractivity contribution in [2.75, 3.05) is 0 Å². The smallest absolute Gasteiger partial charge is 0.251 e. The maximum Gasteiger partial charge on any atom is 0.251 e. The van der Waals surface area contributed by atoms with Crippen molar-refractivity contribution in [3.05, 3.63) is 35.4 Å². The van der Waals surface area contributed by atoms with Gasteiger partial charge in [0.2, 0.25) is 0 Å². The predicted molar refractivity (Wildman–Crippen MR) is 72.3 cm³/mol. The topological polar surface area (TPSA) is 52.9 Å². The van der Waals surface area contributed by atoms with Gasteiger partial charge in [0.25, 0.3) is 5.91 Å². The fraction of sp³-hybridized carbons (Fsp3) is 0.467. The van der Waals surface area contributed by atoms with E-state index in [-0.39, 0.29) is 17.4 Å². The number of benzene rings is 1. The van der Waals surface area contributed by atoms with Crippen molar-refractivity contribution < 1.29 is 4.79 Å². The highest BCUT2D eigenvalue weighted by Crippen LogP contribution is 2.22. The van der Waals surface area contributed by atoms with Crippen LogP contribution in [-0.4, -0.2) is 11.9 Å². The van der Waals surface area contributed by atoms with Gasteiger partial charge in [-0.1, -0.05) is 32.9 Å². The second kappa shape index (κ2) is 5.68. The molecule has 18 heavy (non-hydrogen) atoms. The van der Waals surface area contributed by atoms with E-state index in [1.54, 1.807) is 0 Å². The standard InChI is InChI=1S/C15H20N2O/c1-11(9-10-16)17-14(18)12-5-7-13(8-6-12)15(2,3)4/h5-8,11H,9H2,1-4H3,(H,17,18). The highest BCUT2D eigenvalue weighted by molar-refractivity contribution is 5.94. The van der Waals surface area contributed by atoms with Gasteiger partial charge < -0.3 is 5.32 Å². The molecule has 3 heteroatoms. The third kappa shape index (κ3) is 3.89. The van der Waals surface area contributed by atoms with Crippen molar-refractivity contribution in [1.82, 2.24) is 5.32 Å². The molecular formula is C15H20N2O. The SMILES string of the molecule is CC(CC#N)NC(=O)c1ccc(C(C)(C)C)cc1. The zero-order chi connectivity index (χ0) is 13.8. The molecule has 0 heterocycles. The summed E-state index contributed by atoms with van der Waals surface area (Å²) >= 11 is 0. The Balaban J connectivity index is 2.74. The Bertz CT molecular complexity index is 449. The van der Waals surface area contributed by atoms with Crippen molar-refractivity contribution in [1.29, 1.82) is 5.26 Å². The monoisotopic (exact) mass is 244 g/mol. The molecule has 1 atom stereocenters. The van der Waals surface area contributed by atoms with Gasteiger partial charge in [-0.25, -0.2) is 0 Å². The number of nitriles is 1. The van der Waals surface area contributed by atoms with E-state index >= 15 is 0 Å². The molecule has 0 saturated carbocycles. The summed E-state index contributed by atoms with van der Waals surface area (Å²) in [5.74, 6) is -0.127. The molecule has 0 aliphatic carbocycles. The van der Waals surface area contributed by atoms with Gasteiger partial charge >= 0.3 is 0 Å². The molecule has 0 aromatic heterocycles. The molecule has 0 fully saturated rings. The van der Waals surface area contributed by atoms with Crippen molar-refractivity contribution in [3.8, 4) is 6.07 Å². The second-order valence-corrected chi connectivity index (χ2v) is 5.56. The molecule has 0 aliphatic rings. The highest BCUT2D eigenvalue weighted by Gasteiger charge is 2.14. The van der Waals surface area contributed by atoms with Gasteiger partial charge in [-0.2, -0.15) is 5.26 Å². The van der Waals surface area contributed by atoms with E-state index in [1.165, 1.54) is 5.56 Å². The fourth-order valence-electron chi connectivity index (χ4n) is 1.62. The van der Waals surface area contributed by atoms with Crippen LogP contribution in [0.2, 0.25) is 0 Å². The van der Waals surface area contributed by atoms with Crippen molar-refractivity contribution in [2.24, 2.45) is 0 Å². The van der Waals surface area contributed by atoms with E-state index in [1.807, 2.05) is 37.3 Å². The highest BCUT2D eigenvalue weighted by atomic mass is 16.1. The predicted octanol–water partition coefficient (Wildman–Crippen LogP) is 3.02. The van der Waals surface area contributed by atoms with Crippen LogP contribution in [0.1, 0.15) is 50.0 Å². The van der Waals surface area contributed by atoms with Gasteiger partial charge in [0, 0.05) is 11.6 Å². The summed E-state index contributed by atoms with van der Waals surface area (Å²) in [5.41, 5.74) is 1.92. The van der Waals surface area contributed by atoms with E-state index in [0.717, 1.165) is 0 Å². The van der Waals surface area contributed by atoms with Gasteiger partial charge in [0.05, 0.1) is 12.5 Å². The quantitative estimate of drug-likeness (QED) is 0.888. The summed E-state index contributed by atoms with van der Waals surface area (Å²) in [5, 5.41) is 11.3. The van der Waals surface area contributed by atoms with Crippen LogP contribution in [0.3, 0.4) is 0 Å². The minimum atomic E-state index is -0.127.